The third kappa shape index (κ3) is 2.63. The van der Waals surface area contributed by atoms with Crippen LogP contribution < -0.4 is 0 Å². The molecule has 0 fully saturated rings. The van der Waals surface area contributed by atoms with Gasteiger partial charge in [-0.05, 0) is 47.2 Å². The molecule has 3 rings (SSSR count). The smallest absolute Gasteiger partial charge is 0.162 e. The summed E-state index contributed by atoms with van der Waals surface area (Å²) in [5, 5.41) is 9.21. The zero-order valence-electron chi connectivity index (χ0n) is 9.24. The first kappa shape index (κ1) is 11.9. The van der Waals surface area contributed by atoms with E-state index in [9.17, 15) is 5.11 Å². The van der Waals surface area contributed by atoms with Crippen LogP contribution in [0.3, 0.4) is 0 Å². The van der Waals surface area contributed by atoms with E-state index in [1.165, 1.54) is 4.70 Å². The largest absolute Gasteiger partial charge is 0.508 e. The lowest BCUT2D eigenvalue weighted by atomic mass is 10.3. The molecule has 0 radical (unpaired) electrons. The van der Waals surface area contributed by atoms with Crippen LogP contribution in [0.4, 0.5) is 0 Å². The summed E-state index contributed by atoms with van der Waals surface area (Å²) in [6.07, 6.45) is 0. The van der Waals surface area contributed by atoms with Crippen molar-refractivity contribution in [1.29, 1.82) is 0 Å². The molecule has 0 atom stereocenters. The third-order valence-electron chi connectivity index (χ3n) is 2.32. The Labute approximate surface area is 116 Å². The molecule has 0 spiro atoms. The maximum absolute atomic E-state index is 9.21. The summed E-state index contributed by atoms with van der Waals surface area (Å²) in [5.74, 6) is 0.296. The molecule has 3 aromatic rings. The number of hydrogen-bond donors (Lipinski definition) is 1. The summed E-state index contributed by atoms with van der Waals surface area (Å²) < 4.78 is 2.26. The number of hydrogen-bond acceptors (Lipinski definition) is 5. The van der Waals surface area contributed by atoms with Gasteiger partial charge in [-0.15, -0.1) is 11.3 Å². The molecule has 2 aromatic carbocycles. The molecule has 0 bridgehead atoms. The number of para-hydroxylation sites is 1. The summed E-state index contributed by atoms with van der Waals surface area (Å²) in [7, 11) is 3.30. The summed E-state index contributed by atoms with van der Waals surface area (Å²) in [5.41, 5.74) is 1.05. The van der Waals surface area contributed by atoms with Crippen molar-refractivity contribution in [2.45, 2.75) is 9.24 Å². The third-order valence-corrected chi connectivity index (χ3v) is 6.05. The van der Waals surface area contributed by atoms with Crippen molar-refractivity contribution in [3.8, 4) is 5.75 Å². The number of phenolic OH excluding ortho intramolecular Hbond substituents is 1. The van der Waals surface area contributed by atoms with Crippen LogP contribution in [0.15, 0.2) is 57.8 Å². The van der Waals surface area contributed by atoms with Crippen molar-refractivity contribution in [3.63, 3.8) is 0 Å². The normalized spacial score (nSPS) is 10.9. The molecule has 1 aromatic heterocycles. The van der Waals surface area contributed by atoms with Gasteiger partial charge in [0.05, 0.1) is 10.2 Å². The lowest BCUT2D eigenvalue weighted by molar-refractivity contribution is 0.475. The maximum atomic E-state index is 9.21. The minimum absolute atomic E-state index is 0.296. The Bertz CT molecular complexity index is 630. The van der Waals surface area contributed by atoms with E-state index in [1.807, 2.05) is 30.3 Å². The van der Waals surface area contributed by atoms with Gasteiger partial charge in [-0.3, -0.25) is 0 Å². The van der Waals surface area contributed by atoms with E-state index in [0.717, 1.165) is 14.8 Å². The first-order valence-corrected chi connectivity index (χ1v) is 8.27. The van der Waals surface area contributed by atoms with Crippen molar-refractivity contribution in [3.05, 3.63) is 48.5 Å². The minimum Gasteiger partial charge on any atom is -0.508 e. The molecule has 2 nitrogen and oxygen atoms in total. The molecule has 0 aliphatic heterocycles. The zero-order valence-corrected chi connectivity index (χ0v) is 11.7. The van der Waals surface area contributed by atoms with Gasteiger partial charge in [-0.2, -0.15) is 0 Å². The number of rotatable bonds is 3. The molecular formula is C13H9NOS3. The Morgan fingerprint density at radius 2 is 1.72 bits per heavy atom. The van der Waals surface area contributed by atoms with Gasteiger partial charge >= 0.3 is 0 Å². The number of aromatic nitrogens is 1. The van der Waals surface area contributed by atoms with Gasteiger partial charge < -0.3 is 5.11 Å². The Kier molecular flexibility index (Phi) is 3.45. The fourth-order valence-electron chi connectivity index (χ4n) is 1.47. The summed E-state index contributed by atoms with van der Waals surface area (Å²) in [6, 6.07) is 15.3. The molecule has 1 N–H and O–H groups in total. The molecule has 0 unspecified atom stereocenters. The van der Waals surface area contributed by atoms with Crippen molar-refractivity contribution in [2.24, 2.45) is 0 Å². The zero-order chi connectivity index (χ0) is 12.4. The van der Waals surface area contributed by atoms with E-state index in [4.69, 9.17) is 0 Å². The van der Waals surface area contributed by atoms with E-state index >= 15 is 0 Å². The van der Waals surface area contributed by atoms with E-state index < -0.39 is 0 Å². The van der Waals surface area contributed by atoms with Gasteiger partial charge in [0, 0.05) is 4.90 Å². The standard InChI is InChI=1S/C13H9NOS3/c15-9-5-7-10(8-6-9)17-18-13-14-11-3-1-2-4-12(11)16-13/h1-8,15H. The molecule has 0 saturated carbocycles. The molecule has 0 aliphatic carbocycles. The van der Waals surface area contributed by atoms with Crippen molar-refractivity contribution >= 4 is 43.1 Å². The van der Waals surface area contributed by atoms with Crippen LogP contribution in [0.5, 0.6) is 5.75 Å². The Morgan fingerprint density at radius 3 is 2.50 bits per heavy atom. The molecule has 90 valence electrons. The maximum Gasteiger partial charge on any atom is 0.162 e. The number of aromatic hydroxyl groups is 1. The van der Waals surface area contributed by atoms with E-state index in [2.05, 4.69) is 11.1 Å². The Balaban J connectivity index is 1.74. The highest BCUT2D eigenvalue weighted by Gasteiger charge is 2.04. The van der Waals surface area contributed by atoms with Gasteiger partial charge in [0.15, 0.2) is 4.34 Å². The molecular weight excluding hydrogens is 282 g/mol. The number of nitrogens with zero attached hydrogens (tertiary/aromatic N) is 1. The van der Waals surface area contributed by atoms with E-state index in [0.29, 0.717) is 5.75 Å². The van der Waals surface area contributed by atoms with Gasteiger partial charge in [0.1, 0.15) is 5.75 Å². The van der Waals surface area contributed by atoms with Crippen LogP contribution in [-0.2, 0) is 0 Å². The van der Waals surface area contributed by atoms with Crippen LogP contribution in [0.2, 0.25) is 0 Å². The van der Waals surface area contributed by atoms with Crippen LogP contribution in [0.1, 0.15) is 0 Å². The van der Waals surface area contributed by atoms with Crippen LogP contribution in [0.25, 0.3) is 10.2 Å². The van der Waals surface area contributed by atoms with Crippen molar-refractivity contribution < 1.29 is 5.11 Å². The van der Waals surface area contributed by atoms with Crippen molar-refractivity contribution in [1.82, 2.24) is 4.98 Å². The van der Waals surface area contributed by atoms with Crippen LogP contribution in [-0.4, -0.2) is 10.1 Å². The highest BCUT2D eigenvalue weighted by Crippen LogP contribution is 2.40. The van der Waals surface area contributed by atoms with Crippen LogP contribution in [0, 0.1) is 0 Å². The molecule has 0 saturated heterocycles. The lowest BCUT2D eigenvalue weighted by Gasteiger charge is -1.97. The quantitative estimate of drug-likeness (QED) is 0.703. The highest BCUT2D eigenvalue weighted by atomic mass is 33.1. The first-order chi connectivity index (χ1) is 8.81. The molecule has 1 heterocycles. The van der Waals surface area contributed by atoms with E-state index in [-0.39, 0.29) is 0 Å². The molecule has 18 heavy (non-hydrogen) atoms. The molecule has 0 amide bonds. The number of fused-ring (bicyclic) bond motifs is 1. The summed E-state index contributed by atoms with van der Waals surface area (Å²) in [4.78, 5) is 5.66. The lowest BCUT2D eigenvalue weighted by Crippen LogP contribution is -1.68. The SMILES string of the molecule is Oc1ccc(SSc2nc3ccccc3s2)cc1. The average Bonchev–Trinajstić information content (AvgIpc) is 2.81. The molecule has 0 aliphatic rings. The second-order valence-corrected chi connectivity index (χ2v) is 7.09. The first-order valence-electron chi connectivity index (χ1n) is 5.30. The van der Waals surface area contributed by atoms with Crippen LogP contribution >= 0.6 is 32.9 Å². The fourth-order valence-corrected chi connectivity index (χ4v) is 4.68. The summed E-state index contributed by atoms with van der Waals surface area (Å²) >= 11 is 1.70. The van der Waals surface area contributed by atoms with Gasteiger partial charge in [0.25, 0.3) is 0 Å². The summed E-state index contributed by atoms with van der Waals surface area (Å²) in [6.45, 7) is 0. The topological polar surface area (TPSA) is 33.1 Å². The predicted molar refractivity (Wildman–Crippen MR) is 79.4 cm³/mol. The predicted octanol–water partition coefficient (Wildman–Crippen LogP) is 4.80. The molecule has 5 heteroatoms. The van der Waals surface area contributed by atoms with Crippen molar-refractivity contribution in [2.75, 3.05) is 0 Å². The minimum atomic E-state index is 0.296. The van der Waals surface area contributed by atoms with E-state index in [1.54, 1.807) is 45.1 Å². The highest BCUT2D eigenvalue weighted by molar-refractivity contribution is 8.77. The van der Waals surface area contributed by atoms with Gasteiger partial charge in [-0.1, -0.05) is 22.9 Å². The Hall–Kier alpha value is -1.17. The Morgan fingerprint density at radius 1 is 0.944 bits per heavy atom. The second kappa shape index (κ2) is 5.22. The number of thiazole rings is 1. The number of phenols is 1. The van der Waals surface area contributed by atoms with Gasteiger partial charge in [0.2, 0.25) is 0 Å². The number of benzene rings is 2. The van der Waals surface area contributed by atoms with Gasteiger partial charge in [-0.25, -0.2) is 4.98 Å². The second-order valence-electron chi connectivity index (χ2n) is 3.61. The monoisotopic (exact) mass is 291 g/mol. The average molecular weight is 291 g/mol. The fraction of sp³-hybridized carbons (Fsp3) is 0.